The fourth-order valence-electron chi connectivity index (χ4n) is 2.54. The molecule has 2 aromatic carbocycles. The summed E-state index contributed by atoms with van der Waals surface area (Å²) in [6, 6.07) is 14.6. The lowest BCUT2D eigenvalue weighted by molar-refractivity contribution is -0.136. The second-order valence-corrected chi connectivity index (χ2v) is 5.95. The number of benzene rings is 2. The maximum atomic E-state index is 13.0. The molecule has 0 radical (unpaired) electrons. The van der Waals surface area contributed by atoms with Gasteiger partial charge in [-0.05, 0) is 24.1 Å². The Hall–Kier alpha value is -3.42. The molecule has 2 N–H and O–H groups in total. The van der Waals surface area contributed by atoms with E-state index in [1.54, 1.807) is 0 Å². The molecule has 1 aromatic heterocycles. The van der Waals surface area contributed by atoms with Crippen molar-refractivity contribution in [2.45, 2.75) is 12.6 Å². The van der Waals surface area contributed by atoms with E-state index in [4.69, 9.17) is 0 Å². The molecule has 3 rings (SSSR count). The number of amides is 1. The third kappa shape index (κ3) is 5.06. The molecule has 5 nitrogen and oxygen atoms in total. The smallest absolute Gasteiger partial charge is 0.368 e. The van der Waals surface area contributed by atoms with E-state index in [2.05, 4.69) is 20.6 Å². The van der Waals surface area contributed by atoms with Gasteiger partial charge in [-0.2, -0.15) is 13.2 Å². The Morgan fingerprint density at radius 2 is 1.64 bits per heavy atom. The zero-order chi connectivity index (χ0) is 20.0. The van der Waals surface area contributed by atoms with Crippen molar-refractivity contribution in [2.75, 3.05) is 17.2 Å². The van der Waals surface area contributed by atoms with E-state index in [1.165, 1.54) is 36.2 Å². The van der Waals surface area contributed by atoms with Crippen molar-refractivity contribution in [1.29, 1.82) is 0 Å². The van der Waals surface area contributed by atoms with E-state index in [-0.39, 0.29) is 11.4 Å². The van der Waals surface area contributed by atoms with Crippen LogP contribution in [-0.2, 0) is 12.6 Å². The summed E-state index contributed by atoms with van der Waals surface area (Å²) < 4.78 is 39.0. The van der Waals surface area contributed by atoms with Gasteiger partial charge in [0.05, 0.1) is 23.6 Å². The van der Waals surface area contributed by atoms with Crippen LogP contribution in [0.25, 0.3) is 0 Å². The minimum atomic E-state index is -4.57. The zero-order valence-electron chi connectivity index (χ0n) is 14.7. The zero-order valence-corrected chi connectivity index (χ0v) is 14.7. The first-order valence-corrected chi connectivity index (χ1v) is 8.51. The molecule has 0 saturated heterocycles. The number of rotatable bonds is 6. The van der Waals surface area contributed by atoms with Crippen molar-refractivity contribution in [3.63, 3.8) is 0 Å². The Kier molecular flexibility index (Phi) is 5.88. The minimum Gasteiger partial charge on any atom is -0.368 e. The van der Waals surface area contributed by atoms with Gasteiger partial charge in [0.15, 0.2) is 0 Å². The summed E-state index contributed by atoms with van der Waals surface area (Å²) in [5.41, 5.74) is -0.157. The molecular formula is C20H17F3N4O. The molecule has 1 heterocycles. The van der Waals surface area contributed by atoms with E-state index >= 15 is 0 Å². The van der Waals surface area contributed by atoms with Crippen molar-refractivity contribution >= 4 is 17.4 Å². The molecule has 0 aliphatic heterocycles. The first-order valence-electron chi connectivity index (χ1n) is 8.51. The van der Waals surface area contributed by atoms with Crippen LogP contribution >= 0.6 is 0 Å². The summed E-state index contributed by atoms with van der Waals surface area (Å²) in [7, 11) is 0. The van der Waals surface area contributed by atoms with Crippen molar-refractivity contribution in [2.24, 2.45) is 0 Å². The van der Waals surface area contributed by atoms with Crippen molar-refractivity contribution < 1.29 is 18.0 Å². The Morgan fingerprint density at radius 3 is 2.32 bits per heavy atom. The van der Waals surface area contributed by atoms with Gasteiger partial charge in [0.25, 0.3) is 5.91 Å². The fourth-order valence-corrected chi connectivity index (χ4v) is 2.54. The predicted octanol–water partition coefficient (Wildman–Crippen LogP) is 4.40. The van der Waals surface area contributed by atoms with Crippen LogP contribution in [0.3, 0.4) is 0 Å². The number of nitrogens with one attached hydrogen (secondary N) is 2. The Labute approximate surface area is 159 Å². The standard InChI is InChI=1S/C20H17F3N4O/c21-20(22,23)15-8-4-5-9-16(15)27-19(28)17-12-26-18(13-25-17)24-11-10-14-6-2-1-3-7-14/h1-9,12-13H,10-11H2,(H,24,26)(H,27,28). The van der Waals surface area contributed by atoms with Crippen molar-refractivity contribution in [3.05, 3.63) is 83.8 Å². The lowest BCUT2D eigenvalue weighted by Gasteiger charge is -2.13. The summed E-state index contributed by atoms with van der Waals surface area (Å²) >= 11 is 0. The number of nitrogens with zero attached hydrogens (tertiary/aromatic N) is 2. The van der Waals surface area contributed by atoms with E-state index in [1.807, 2.05) is 30.3 Å². The number of alkyl halides is 3. The highest BCUT2D eigenvalue weighted by Gasteiger charge is 2.33. The van der Waals surface area contributed by atoms with Gasteiger partial charge in [0.1, 0.15) is 11.5 Å². The van der Waals surface area contributed by atoms with E-state index in [0.29, 0.717) is 12.4 Å². The highest BCUT2D eigenvalue weighted by molar-refractivity contribution is 6.03. The van der Waals surface area contributed by atoms with Crippen LogP contribution in [0.15, 0.2) is 67.0 Å². The van der Waals surface area contributed by atoms with Gasteiger partial charge in [-0.3, -0.25) is 4.79 Å². The first-order chi connectivity index (χ1) is 13.4. The molecule has 0 aliphatic rings. The molecule has 0 bridgehead atoms. The van der Waals surface area contributed by atoms with Crippen LogP contribution in [0.2, 0.25) is 0 Å². The lowest BCUT2D eigenvalue weighted by Crippen LogP contribution is -2.18. The molecule has 0 saturated carbocycles. The highest BCUT2D eigenvalue weighted by Crippen LogP contribution is 2.34. The molecule has 28 heavy (non-hydrogen) atoms. The van der Waals surface area contributed by atoms with Gasteiger partial charge >= 0.3 is 6.18 Å². The summed E-state index contributed by atoms with van der Waals surface area (Å²) in [4.78, 5) is 20.3. The van der Waals surface area contributed by atoms with Crippen molar-refractivity contribution in [1.82, 2.24) is 9.97 Å². The van der Waals surface area contributed by atoms with Crippen LogP contribution in [0.1, 0.15) is 21.6 Å². The maximum Gasteiger partial charge on any atom is 0.418 e. The van der Waals surface area contributed by atoms with Crippen LogP contribution in [0.5, 0.6) is 0 Å². The number of para-hydroxylation sites is 1. The predicted molar refractivity (Wildman–Crippen MR) is 100 cm³/mol. The molecule has 0 unspecified atom stereocenters. The van der Waals surface area contributed by atoms with Gasteiger partial charge in [-0.15, -0.1) is 0 Å². The summed E-state index contributed by atoms with van der Waals surface area (Å²) in [6.07, 6.45) is -1.19. The molecular weight excluding hydrogens is 369 g/mol. The molecule has 0 aliphatic carbocycles. The van der Waals surface area contributed by atoms with E-state index < -0.39 is 17.6 Å². The molecule has 0 fully saturated rings. The van der Waals surface area contributed by atoms with Crippen LogP contribution in [-0.4, -0.2) is 22.4 Å². The number of hydrogen-bond donors (Lipinski definition) is 2. The summed E-state index contributed by atoms with van der Waals surface area (Å²) in [6.45, 7) is 0.628. The molecule has 0 atom stereocenters. The molecule has 1 amide bonds. The maximum absolute atomic E-state index is 13.0. The third-order valence-corrected chi connectivity index (χ3v) is 3.93. The average Bonchev–Trinajstić information content (AvgIpc) is 2.69. The second-order valence-electron chi connectivity index (χ2n) is 5.95. The number of anilines is 2. The van der Waals surface area contributed by atoms with Gasteiger partial charge in [0, 0.05) is 6.54 Å². The lowest BCUT2D eigenvalue weighted by atomic mass is 10.1. The normalized spacial score (nSPS) is 11.1. The number of carbonyl (C=O) groups is 1. The largest absolute Gasteiger partial charge is 0.418 e. The molecule has 3 aromatic rings. The monoisotopic (exact) mass is 386 g/mol. The number of carbonyl (C=O) groups excluding carboxylic acids is 1. The first kappa shape index (κ1) is 19.3. The average molecular weight is 386 g/mol. The van der Waals surface area contributed by atoms with Crippen molar-refractivity contribution in [3.8, 4) is 0 Å². The Bertz CT molecular complexity index is 928. The van der Waals surface area contributed by atoms with Gasteiger partial charge in [-0.25, -0.2) is 9.97 Å². The van der Waals surface area contributed by atoms with Crippen LogP contribution in [0, 0.1) is 0 Å². The SMILES string of the molecule is O=C(Nc1ccccc1C(F)(F)F)c1cnc(NCCc2ccccc2)cn1. The van der Waals surface area contributed by atoms with Gasteiger partial charge in [-0.1, -0.05) is 42.5 Å². The second kappa shape index (κ2) is 8.51. The quantitative estimate of drug-likeness (QED) is 0.659. The van der Waals surface area contributed by atoms with Gasteiger partial charge < -0.3 is 10.6 Å². The highest BCUT2D eigenvalue weighted by atomic mass is 19.4. The summed E-state index contributed by atoms with van der Waals surface area (Å²) in [5, 5.41) is 5.32. The number of halogens is 3. The van der Waals surface area contributed by atoms with E-state index in [9.17, 15) is 18.0 Å². The molecule has 8 heteroatoms. The molecule has 0 spiro atoms. The Balaban J connectivity index is 1.60. The summed E-state index contributed by atoms with van der Waals surface area (Å²) in [5.74, 6) is -0.289. The molecule has 144 valence electrons. The van der Waals surface area contributed by atoms with Crippen LogP contribution < -0.4 is 10.6 Å². The topological polar surface area (TPSA) is 66.9 Å². The number of hydrogen-bond acceptors (Lipinski definition) is 4. The van der Waals surface area contributed by atoms with Crippen LogP contribution in [0.4, 0.5) is 24.7 Å². The minimum absolute atomic E-state index is 0.0782. The Morgan fingerprint density at radius 1 is 0.929 bits per heavy atom. The van der Waals surface area contributed by atoms with E-state index in [0.717, 1.165) is 12.5 Å². The number of aromatic nitrogens is 2. The van der Waals surface area contributed by atoms with Gasteiger partial charge in [0.2, 0.25) is 0 Å². The fraction of sp³-hybridized carbons (Fsp3) is 0.150. The third-order valence-electron chi connectivity index (χ3n) is 3.93.